The number of ether oxygens (including phenoxy) is 4. The van der Waals surface area contributed by atoms with Gasteiger partial charge in [0.05, 0.1) is 26.1 Å². The summed E-state index contributed by atoms with van der Waals surface area (Å²) in [5.41, 5.74) is 1.46. The van der Waals surface area contributed by atoms with Crippen LogP contribution in [0.3, 0.4) is 0 Å². The summed E-state index contributed by atoms with van der Waals surface area (Å²) in [6.45, 7) is 6.84. The van der Waals surface area contributed by atoms with Gasteiger partial charge in [0.25, 0.3) is 0 Å². The number of hydrogen-bond acceptors (Lipinski definition) is 5. The van der Waals surface area contributed by atoms with E-state index in [-0.39, 0.29) is 24.4 Å². The molecule has 3 aliphatic rings. The van der Waals surface area contributed by atoms with Crippen LogP contribution in [0.4, 0.5) is 0 Å². The molecule has 2 aromatic carbocycles. The van der Waals surface area contributed by atoms with Gasteiger partial charge in [0.1, 0.15) is 5.75 Å². The van der Waals surface area contributed by atoms with Crippen molar-refractivity contribution in [3.05, 3.63) is 41.5 Å². The van der Waals surface area contributed by atoms with E-state index in [0.717, 1.165) is 35.7 Å². The maximum atomic E-state index is 11.0. The van der Waals surface area contributed by atoms with Crippen molar-refractivity contribution in [2.45, 2.75) is 38.3 Å². The van der Waals surface area contributed by atoms with E-state index >= 15 is 0 Å². The molecular formula is C23H28NO5+. The van der Waals surface area contributed by atoms with Crippen LogP contribution >= 0.6 is 0 Å². The predicted molar refractivity (Wildman–Crippen MR) is 107 cm³/mol. The lowest BCUT2D eigenvalue weighted by Gasteiger charge is -2.47. The summed E-state index contributed by atoms with van der Waals surface area (Å²) in [4.78, 5) is 1.46. The van der Waals surface area contributed by atoms with E-state index in [1.165, 1.54) is 17.7 Å². The second kappa shape index (κ2) is 6.73. The van der Waals surface area contributed by atoms with E-state index in [9.17, 15) is 5.11 Å². The Morgan fingerprint density at radius 3 is 2.52 bits per heavy atom. The number of nitrogens with one attached hydrogen (secondary N) is 1. The smallest absolute Gasteiger partial charge is 0.242 e. The van der Waals surface area contributed by atoms with Gasteiger partial charge in [-0.05, 0) is 12.1 Å². The van der Waals surface area contributed by atoms with Crippen LogP contribution in [0.1, 0.15) is 43.7 Å². The van der Waals surface area contributed by atoms with Gasteiger partial charge in [-0.25, -0.2) is 0 Å². The highest BCUT2D eigenvalue weighted by Gasteiger charge is 2.53. The zero-order valence-electron chi connectivity index (χ0n) is 17.2. The summed E-state index contributed by atoms with van der Waals surface area (Å²) in [5.74, 6) is 2.99. The predicted octanol–water partition coefficient (Wildman–Crippen LogP) is 2.68. The molecule has 0 radical (unpaired) electrons. The Hall–Kier alpha value is -2.60. The van der Waals surface area contributed by atoms with Crippen molar-refractivity contribution < 1.29 is 29.0 Å². The van der Waals surface area contributed by atoms with Gasteiger partial charge in [-0.3, -0.25) is 4.90 Å². The molecule has 29 heavy (non-hydrogen) atoms. The van der Waals surface area contributed by atoms with Gasteiger partial charge in [0.15, 0.2) is 23.0 Å². The second-order valence-electron chi connectivity index (χ2n) is 8.43. The fourth-order valence-corrected chi connectivity index (χ4v) is 5.26. The fraction of sp³-hybridized carbons (Fsp3) is 0.478. The highest BCUT2D eigenvalue weighted by molar-refractivity contribution is 5.59. The lowest BCUT2D eigenvalue weighted by atomic mass is 9.73. The summed E-state index contributed by atoms with van der Waals surface area (Å²) in [6.07, 6.45) is 2.42. The Balaban J connectivity index is 1.70. The van der Waals surface area contributed by atoms with Crippen molar-refractivity contribution in [1.82, 2.24) is 0 Å². The summed E-state index contributed by atoms with van der Waals surface area (Å²) in [5, 5.41) is 11.0. The van der Waals surface area contributed by atoms with Gasteiger partial charge in [0, 0.05) is 42.9 Å². The molecule has 0 aliphatic carbocycles. The summed E-state index contributed by atoms with van der Waals surface area (Å²) in [6, 6.07) is 9.66. The van der Waals surface area contributed by atoms with Gasteiger partial charge < -0.3 is 24.1 Å². The third-order valence-electron chi connectivity index (χ3n) is 7.03. The quantitative estimate of drug-likeness (QED) is 0.833. The van der Waals surface area contributed by atoms with E-state index in [2.05, 4.69) is 13.8 Å². The van der Waals surface area contributed by atoms with Crippen LogP contribution in [0.5, 0.6) is 28.7 Å². The Morgan fingerprint density at radius 2 is 1.79 bits per heavy atom. The summed E-state index contributed by atoms with van der Waals surface area (Å²) >= 11 is 0. The Morgan fingerprint density at radius 1 is 1.07 bits per heavy atom. The number of quaternary nitrogens is 1. The minimum atomic E-state index is -0.405. The fourth-order valence-electron chi connectivity index (χ4n) is 5.26. The number of methoxy groups -OCH3 is 1. The first-order chi connectivity index (χ1) is 14.0. The minimum Gasteiger partial charge on any atom is -0.504 e. The van der Waals surface area contributed by atoms with E-state index in [1.807, 2.05) is 24.3 Å². The van der Waals surface area contributed by atoms with Gasteiger partial charge in [-0.15, -0.1) is 0 Å². The average Bonchev–Trinajstić information content (AvgIpc) is 3.40. The highest BCUT2D eigenvalue weighted by atomic mass is 16.7. The topological polar surface area (TPSA) is 61.6 Å². The van der Waals surface area contributed by atoms with Crippen molar-refractivity contribution in [2.75, 3.05) is 27.0 Å². The van der Waals surface area contributed by atoms with Crippen molar-refractivity contribution in [3.8, 4) is 28.7 Å². The second-order valence-corrected chi connectivity index (χ2v) is 8.43. The molecule has 0 saturated carbocycles. The number of aromatic hydroxyl groups is 1. The van der Waals surface area contributed by atoms with Crippen LogP contribution < -0.4 is 23.8 Å². The van der Waals surface area contributed by atoms with Crippen molar-refractivity contribution in [1.29, 1.82) is 0 Å². The summed E-state index contributed by atoms with van der Waals surface area (Å²) in [7, 11) is 1.58. The summed E-state index contributed by atoms with van der Waals surface area (Å²) < 4.78 is 23.3. The number of benzene rings is 2. The van der Waals surface area contributed by atoms with Crippen LogP contribution in [0.2, 0.25) is 0 Å². The minimum absolute atomic E-state index is 0.0542. The lowest BCUT2D eigenvalue weighted by Crippen LogP contribution is -3.20. The standard InChI is InChI=1S/C23H27NO5/c1-14-21(15-7-6-8-17(26-3)22(15)25)16-11-19-20(28-13-27-19)12-18(16)29-23(14,2)24-9-4-5-10-24/h6-8,11-12,14,21,25H,4-5,9-10,13H2,1-3H3/p+1/t14-,21+,23-/m1/s1. The molecule has 5 rings (SSSR count). The van der Waals surface area contributed by atoms with Gasteiger partial charge in [-0.1, -0.05) is 19.1 Å². The molecule has 2 aromatic rings. The van der Waals surface area contributed by atoms with E-state index < -0.39 is 5.72 Å². The first kappa shape index (κ1) is 18.4. The zero-order valence-corrected chi connectivity index (χ0v) is 17.2. The number of phenols is 1. The van der Waals surface area contributed by atoms with Crippen LogP contribution in [0, 0.1) is 5.92 Å². The molecule has 3 atom stereocenters. The third-order valence-corrected chi connectivity index (χ3v) is 7.03. The molecule has 3 heterocycles. The van der Waals surface area contributed by atoms with Gasteiger partial charge in [-0.2, -0.15) is 0 Å². The molecule has 6 heteroatoms. The van der Waals surface area contributed by atoms with Crippen molar-refractivity contribution in [2.24, 2.45) is 5.92 Å². The van der Waals surface area contributed by atoms with Crippen molar-refractivity contribution >= 4 is 0 Å². The lowest BCUT2D eigenvalue weighted by molar-refractivity contribution is -0.967. The Bertz CT molecular complexity index is 939. The molecule has 0 bridgehead atoms. The third kappa shape index (κ3) is 2.73. The molecule has 6 nitrogen and oxygen atoms in total. The molecule has 0 amide bonds. The first-order valence-electron chi connectivity index (χ1n) is 10.4. The number of rotatable bonds is 3. The van der Waals surface area contributed by atoms with Crippen LogP contribution in [0.15, 0.2) is 30.3 Å². The Labute approximate surface area is 170 Å². The number of phenolic OH excluding ortho intramolecular Hbond substituents is 1. The average molecular weight is 398 g/mol. The molecule has 154 valence electrons. The molecule has 2 N–H and O–H groups in total. The van der Waals surface area contributed by atoms with Crippen LogP contribution in [0.25, 0.3) is 0 Å². The van der Waals surface area contributed by atoms with Gasteiger partial charge >= 0.3 is 0 Å². The molecule has 3 aliphatic heterocycles. The van der Waals surface area contributed by atoms with E-state index in [0.29, 0.717) is 11.5 Å². The Kier molecular flexibility index (Phi) is 4.28. The molecule has 0 aromatic heterocycles. The number of para-hydroxylation sites is 1. The van der Waals surface area contributed by atoms with Gasteiger partial charge in [0.2, 0.25) is 12.5 Å². The number of likely N-dealkylation sites (tertiary alicyclic amines) is 1. The number of fused-ring (bicyclic) bond motifs is 2. The first-order valence-corrected chi connectivity index (χ1v) is 10.4. The van der Waals surface area contributed by atoms with Crippen LogP contribution in [-0.4, -0.2) is 37.8 Å². The number of hydrogen-bond donors (Lipinski definition) is 2. The highest BCUT2D eigenvalue weighted by Crippen LogP contribution is 2.53. The molecular weight excluding hydrogens is 370 g/mol. The van der Waals surface area contributed by atoms with Crippen molar-refractivity contribution in [3.63, 3.8) is 0 Å². The SMILES string of the molecule is COc1cccc([C@H]2c3cc4c(cc3O[C@@](C)([NH+]3CCCC3)[C@@H]2C)OCO4)c1O. The zero-order chi connectivity index (χ0) is 20.2. The molecule has 0 spiro atoms. The normalized spacial score (nSPS) is 28.1. The monoisotopic (exact) mass is 398 g/mol. The molecule has 1 saturated heterocycles. The van der Waals surface area contributed by atoms with Crippen LogP contribution in [-0.2, 0) is 0 Å². The maximum absolute atomic E-state index is 11.0. The molecule has 0 unspecified atom stereocenters. The van der Waals surface area contributed by atoms with E-state index in [1.54, 1.807) is 13.2 Å². The largest absolute Gasteiger partial charge is 0.504 e. The maximum Gasteiger partial charge on any atom is 0.242 e. The molecule has 1 fully saturated rings. The van der Waals surface area contributed by atoms with E-state index in [4.69, 9.17) is 18.9 Å².